The highest BCUT2D eigenvalue weighted by Gasteiger charge is 2.40. The first-order valence-electron chi connectivity index (χ1n) is 5.04. The van der Waals surface area contributed by atoms with Crippen LogP contribution in [-0.2, 0) is 9.84 Å². The van der Waals surface area contributed by atoms with Crippen LogP contribution in [0.25, 0.3) is 0 Å². The third kappa shape index (κ3) is 2.46. The molecule has 0 amide bonds. The molecule has 0 aromatic rings. The van der Waals surface area contributed by atoms with E-state index in [0.29, 0.717) is 35.2 Å². The van der Waals surface area contributed by atoms with E-state index >= 15 is 0 Å². The number of hydrogen-bond acceptors (Lipinski definition) is 2. The molecule has 1 fully saturated rings. The Hall–Kier alpha value is -0.0500. The van der Waals surface area contributed by atoms with Crippen molar-refractivity contribution >= 4 is 9.84 Å². The SMILES string of the molecule is CC(C)C1CS(=O)(=O)CC1C(C)C. The Kier molecular flexibility index (Phi) is 3.05. The molecule has 0 N–H and O–H groups in total. The highest BCUT2D eigenvalue weighted by Crippen LogP contribution is 2.35. The average Bonchev–Trinajstić information content (AvgIpc) is 2.26. The van der Waals surface area contributed by atoms with E-state index in [1.165, 1.54) is 0 Å². The van der Waals surface area contributed by atoms with Gasteiger partial charge in [0.2, 0.25) is 0 Å². The maximum Gasteiger partial charge on any atom is 0.150 e. The second-order valence-corrected chi connectivity index (χ2v) is 7.05. The van der Waals surface area contributed by atoms with E-state index in [1.807, 2.05) is 0 Å². The van der Waals surface area contributed by atoms with Gasteiger partial charge in [0, 0.05) is 0 Å². The summed E-state index contributed by atoms with van der Waals surface area (Å²) >= 11 is 0. The highest BCUT2D eigenvalue weighted by atomic mass is 32.2. The molecule has 1 aliphatic heterocycles. The van der Waals surface area contributed by atoms with Gasteiger partial charge < -0.3 is 0 Å². The molecule has 2 nitrogen and oxygen atoms in total. The lowest BCUT2D eigenvalue weighted by Crippen LogP contribution is -2.22. The molecule has 0 radical (unpaired) electrons. The molecule has 0 saturated carbocycles. The van der Waals surface area contributed by atoms with Gasteiger partial charge in [0.1, 0.15) is 0 Å². The van der Waals surface area contributed by atoms with Gasteiger partial charge in [-0.05, 0) is 23.7 Å². The molecule has 2 unspecified atom stereocenters. The van der Waals surface area contributed by atoms with Crippen LogP contribution in [0.4, 0.5) is 0 Å². The van der Waals surface area contributed by atoms with E-state index in [1.54, 1.807) is 0 Å². The van der Waals surface area contributed by atoms with Crippen molar-refractivity contribution in [3.05, 3.63) is 0 Å². The molecule has 1 heterocycles. The van der Waals surface area contributed by atoms with Crippen LogP contribution in [0.3, 0.4) is 0 Å². The molecule has 1 rings (SSSR count). The summed E-state index contributed by atoms with van der Waals surface area (Å²) in [5, 5.41) is 0. The van der Waals surface area contributed by atoms with Crippen molar-refractivity contribution in [2.45, 2.75) is 27.7 Å². The minimum absolute atomic E-state index is 0.380. The zero-order chi connectivity index (χ0) is 10.2. The molecule has 1 aliphatic rings. The Morgan fingerprint density at radius 1 is 0.923 bits per heavy atom. The molecule has 0 aromatic heterocycles. The molecular weight excluding hydrogens is 184 g/mol. The predicted octanol–water partition coefficient (Wildman–Crippen LogP) is 1.96. The molecule has 0 aromatic carbocycles. The number of hydrogen-bond donors (Lipinski definition) is 0. The van der Waals surface area contributed by atoms with Gasteiger partial charge >= 0.3 is 0 Å². The van der Waals surface area contributed by atoms with E-state index in [0.717, 1.165) is 0 Å². The zero-order valence-corrected chi connectivity index (χ0v) is 9.76. The summed E-state index contributed by atoms with van der Waals surface area (Å²) in [5.41, 5.74) is 0. The summed E-state index contributed by atoms with van der Waals surface area (Å²) in [6.07, 6.45) is 0. The van der Waals surface area contributed by atoms with Crippen LogP contribution < -0.4 is 0 Å². The zero-order valence-electron chi connectivity index (χ0n) is 8.95. The minimum atomic E-state index is -2.73. The molecule has 0 aliphatic carbocycles. The van der Waals surface area contributed by atoms with E-state index in [9.17, 15) is 8.42 Å². The van der Waals surface area contributed by atoms with Crippen LogP contribution in [0.1, 0.15) is 27.7 Å². The maximum atomic E-state index is 11.5. The van der Waals surface area contributed by atoms with Crippen LogP contribution in [0.2, 0.25) is 0 Å². The number of sulfone groups is 1. The molecule has 78 valence electrons. The summed E-state index contributed by atoms with van der Waals surface area (Å²) in [5.74, 6) is 2.56. The van der Waals surface area contributed by atoms with Crippen molar-refractivity contribution in [1.82, 2.24) is 0 Å². The summed E-state index contributed by atoms with van der Waals surface area (Å²) in [7, 11) is -2.73. The summed E-state index contributed by atoms with van der Waals surface area (Å²) in [6, 6.07) is 0. The predicted molar refractivity (Wildman–Crippen MR) is 55.3 cm³/mol. The molecule has 1 saturated heterocycles. The lowest BCUT2D eigenvalue weighted by Gasteiger charge is -2.24. The van der Waals surface area contributed by atoms with Gasteiger partial charge in [-0.3, -0.25) is 0 Å². The smallest absolute Gasteiger partial charge is 0.150 e. The van der Waals surface area contributed by atoms with Crippen molar-refractivity contribution in [3.8, 4) is 0 Å². The molecule has 0 spiro atoms. The molecular formula is C10H20O2S. The van der Waals surface area contributed by atoms with Gasteiger partial charge in [-0.2, -0.15) is 0 Å². The van der Waals surface area contributed by atoms with E-state index < -0.39 is 9.84 Å². The van der Waals surface area contributed by atoms with Crippen molar-refractivity contribution in [2.24, 2.45) is 23.7 Å². The van der Waals surface area contributed by atoms with Crippen LogP contribution in [0.15, 0.2) is 0 Å². The average molecular weight is 204 g/mol. The largest absolute Gasteiger partial charge is 0.229 e. The summed E-state index contributed by atoms with van der Waals surface area (Å²) in [4.78, 5) is 0. The van der Waals surface area contributed by atoms with Gasteiger partial charge in [-0.1, -0.05) is 27.7 Å². The fourth-order valence-electron chi connectivity index (χ4n) is 2.28. The molecule has 2 atom stereocenters. The number of rotatable bonds is 2. The van der Waals surface area contributed by atoms with Crippen LogP contribution in [0.5, 0.6) is 0 Å². The Labute approximate surface area is 81.6 Å². The topological polar surface area (TPSA) is 34.1 Å². The highest BCUT2D eigenvalue weighted by molar-refractivity contribution is 7.91. The Morgan fingerprint density at radius 3 is 1.46 bits per heavy atom. The van der Waals surface area contributed by atoms with Crippen LogP contribution in [-0.4, -0.2) is 19.9 Å². The monoisotopic (exact) mass is 204 g/mol. The minimum Gasteiger partial charge on any atom is -0.229 e. The van der Waals surface area contributed by atoms with Crippen LogP contribution in [0, 0.1) is 23.7 Å². The second-order valence-electron chi connectivity index (χ2n) is 4.89. The molecule has 13 heavy (non-hydrogen) atoms. The third-order valence-corrected chi connectivity index (χ3v) is 4.94. The van der Waals surface area contributed by atoms with E-state index in [2.05, 4.69) is 27.7 Å². The quantitative estimate of drug-likeness (QED) is 0.689. The standard InChI is InChI=1S/C10H20O2S/c1-7(2)9-5-13(11,12)6-10(9)8(3)4/h7-10H,5-6H2,1-4H3. The van der Waals surface area contributed by atoms with Gasteiger partial charge in [0.15, 0.2) is 9.84 Å². The first kappa shape index (κ1) is 11.0. The van der Waals surface area contributed by atoms with Crippen molar-refractivity contribution < 1.29 is 8.42 Å². The fourth-order valence-corrected chi connectivity index (χ4v) is 4.85. The Bertz CT molecular complexity index is 243. The first-order chi connectivity index (χ1) is 5.83. The van der Waals surface area contributed by atoms with Gasteiger partial charge in [-0.25, -0.2) is 8.42 Å². The Balaban J connectivity index is 2.84. The van der Waals surface area contributed by atoms with Gasteiger partial charge in [-0.15, -0.1) is 0 Å². The van der Waals surface area contributed by atoms with Crippen molar-refractivity contribution in [3.63, 3.8) is 0 Å². The van der Waals surface area contributed by atoms with Crippen LogP contribution >= 0.6 is 0 Å². The summed E-state index contributed by atoms with van der Waals surface area (Å²) < 4.78 is 22.9. The normalized spacial score (nSPS) is 33.1. The fraction of sp³-hybridized carbons (Fsp3) is 1.00. The van der Waals surface area contributed by atoms with Gasteiger partial charge in [0.05, 0.1) is 11.5 Å². The lowest BCUT2D eigenvalue weighted by molar-refractivity contribution is 0.257. The first-order valence-corrected chi connectivity index (χ1v) is 6.86. The van der Waals surface area contributed by atoms with E-state index in [-0.39, 0.29) is 0 Å². The maximum absolute atomic E-state index is 11.5. The molecule has 0 bridgehead atoms. The van der Waals surface area contributed by atoms with Crippen molar-refractivity contribution in [1.29, 1.82) is 0 Å². The van der Waals surface area contributed by atoms with E-state index in [4.69, 9.17) is 0 Å². The third-order valence-electron chi connectivity index (χ3n) is 3.16. The summed E-state index contributed by atoms with van der Waals surface area (Å²) in [6.45, 7) is 8.50. The molecule has 3 heteroatoms. The lowest BCUT2D eigenvalue weighted by atomic mass is 9.80. The van der Waals surface area contributed by atoms with Crippen molar-refractivity contribution in [2.75, 3.05) is 11.5 Å². The second kappa shape index (κ2) is 3.60. The van der Waals surface area contributed by atoms with Gasteiger partial charge in [0.25, 0.3) is 0 Å². The Morgan fingerprint density at radius 2 is 1.23 bits per heavy atom.